The zero-order valence-electron chi connectivity index (χ0n) is 8.15. The first-order chi connectivity index (χ1) is 7.65. The monoisotopic (exact) mass is 286 g/mol. The van der Waals surface area contributed by atoms with E-state index in [2.05, 4.69) is 31.3 Å². The Morgan fingerprint density at radius 3 is 3.06 bits per heavy atom. The van der Waals surface area contributed by atoms with Crippen molar-refractivity contribution in [3.8, 4) is 0 Å². The summed E-state index contributed by atoms with van der Waals surface area (Å²) in [6.45, 7) is 0.376. The van der Waals surface area contributed by atoms with Gasteiger partial charge in [0, 0.05) is 22.5 Å². The van der Waals surface area contributed by atoms with Crippen molar-refractivity contribution in [3.05, 3.63) is 44.5 Å². The van der Waals surface area contributed by atoms with Gasteiger partial charge in [0.15, 0.2) is 0 Å². The summed E-state index contributed by atoms with van der Waals surface area (Å²) in [5.41, 5.74) is 8.23. The lowest BCUT2D eigenvalue weighted by Crippen LogP contribution is -2.26. The Bertz CT molecular complexity index is 445. The normalized spacial score (nSPS) is 9.38. The van der Waals surface area contributed by atoms with Crippen LogP contribution in [0.5, 0.6) is 0 Å². The van der Waals surface area contributed by atoms with Crippen molar-refractivity contribution < 1.29 is 9.18 Å². The average molecular weight is 287 g/mol. The molecule has 0 spiro atoms. The quantitative estimate of drug-likeness (QED) is 0.393. The van der Waals surface area contributed by atoms with Crippen LogP contribution in [0.3, 0.4) is 0 Å². The summed E-state index contributed by atoms with van der Waals surface area (Å²) >= 11 is 3.14. The van der Waals surface area contributed by atoms with Crippen molar-refractivity contribution in [2.45, 2.75) is 0 Å². The van der Waals surface area contributed by atoms with Crippen LogP contribution in [0.1, 0.15) is 10.4 Å². The predicted octanol–water partition coefficient (Wildman–Crippen LogP) is 2.63. The van der Waals surface area contributed by atoms with Crippen LogP contribution in [0.4, 0.5) is 4.39 Å². The first kappa shape index (κ1) is 12.5. The lowest BCUT2D eigenvalue weighted by molar-refractivity contribution is 0.0953. The van der Waals surface area contributed by atoms with Crippen LogP contribution in [0.2, 0.25) is 0 Å². The highest BCUT2D eigenvalue weighted by atomic mass is 79.9. The molecular formula is C9H8BrFN4O. The molecule has 0 fully saturated rings. The van der Waals surface area contributed by atoms with E-state index in [1.165, 1.54) is 12.1 Å². The Kier molecular flexibility index (Phi) is 4.75. The van der Waals surface area contributed by atoms with Gasteiger partial charge < -0.3 is 5.32 Å². The molecule has 0 heterocycles. The van der Waals surface area contributed by atoms with Gasteiger partial charge in [0.05, 0.1) is 5.56 Å². The zero-order valence-corrected chi connectivity index (χ0v) is 9.74. The highest BCUT2D eigenvalue weighted by molar-refractivity contribution is 9.10. The maximum absolute atomic E-state index is 12.9. The van der Waals surface area contributed by atoms with Gasteiger partial charge in [-0.2, -0.15) is 0 Å². The number of nitrogens with zero attached hydrogens (tertiary/aromatic N) is 3. The number of hydrogen-bond donors (Lipinski definition) is 1. The van der Waals surface area contributed by atoms with Gasteiger partial charge in [-0.25, -0.2) is 4.39 Å². The van der Waals surface area contributed by atoms with Crippen LogP contribution in [-0.4, -0.2) is 19.0 Å². The Balaban J connectivity index is 2.65. The number of nitrogens with one attached hydrogen (secondary N) is 1. The van der Waals surface area contributed by atoms with Gasteiger partial charge in [0.2, 0.25) is 0 Å². The van der Waals surface area contributed by atoms with Crippen LogP contribution < -0.4 is 5.32 Å². The second-order valence-electron chi connectivity index (χ2n) is 2.83. The molecule has 1 N–H and O–H groups in total. The van der Waals surface area contributed by atoms with E-state index < -0.39 is 11.7 Å². The Morgan fingerprint density at radius 1 is 1.62 bits per heavy atom. The summed E-state index contributed by atoms with van der Waals surface area (Å²) in [7, 11) is 0. The van der Waals surface area contributed by atoms with Crippen molar-refractivity contribution in [1.29, 1.82) is 0 Å². The average Bonchev–Trinajstić information content (AvgIpc) is 2.27. The zero-order chi connectivity index (χ0) is 12.0. The largest absolute Gasteiger partial charge is 0.352 e. The molecule has 7 heteroatoms. The molecule has 0 aromatic heterocycles. The molecule has 0 aliphatic carbocycles. The molecule has 0 saturated carbocycles. The van der Waals surface area contributed by atoms with Crippen LogP contribution in [-0.2, 0) is 0 Å². The van der Waals surface area contributed by atoms with Crippen molar-refractivity contribution in [1.82, 2.24) is 5.32 Å². The van der Waals surface area contributed by atoms with Crippen molar-refractivity contribution >= 4 is 21.8 Å². The number of halogens is 2. The summed E-state index contributed by atoms with van der Waals surface area (Å²) in [5, 5.41) is 5.76. The number of carbonyl (C=O) groups excluding carboxylic acids is 1. The molecule has 0 bridgehead atoms. The summed E-state index contributed by atoms with van der Waals surface area (Å²) in [6, 6.07) is 3.84. The fraction of sp³-hybridized carbons (Fsp3) is 0.222. The molecule has 84 valence electrons. The van der Waals surface area contributed by atoms with E-state index in [1.807, 2.05) is 0 Å². The summed E-state index contributed by atoms with van der Waals surface area (Å²) < 4.78 is 13.4. The Labute approximate surface area is 99.4 Å². The second-order valence-corrected chi connectivity index (χ2v) is 3.69. The highest BCUT2D eigenvalue weighted by Gasteiger charge is 2.09. The summed E-state index contributed by atoms with van der Waals surface area (Å²) in [4.78, 5) is 14.1. The van der Waals surface area contributed by atoms with Crippen molar-refractivity contribution in [2.24, 2.45) is 5.11 Å². The van der Waals surface area contributed by atoms with Gasteiger partial charge in [-0.1, -0.05) is 5.11 Å². The first-order valence-corrected chi connectivity index (χ1v) is 5.18. The minimum Gasteiger partial charge on any atom is -0.352 e. The van der Waals surface area contributed by atoms with E-state index in [4.69, 9.17) is 5.53 Å². The minimum atomic E-state index is -0.483. The van der Waals surface area contributed by atoms with Crippen LogP contribution in [0.15, 0.2) is 27.8 Å². The smallest absolute Gasteiger partial charge is 0.252 e. The van der Waals surface area contributed by atoms with Gasteiger partial charge in [-0.05, 0) is 39.7 Å². The Hall–Kier alpha value is -1.59. The highest BCUT2D eigenvalue weighted by Crippen LogP contribution is 2.17. The van der Waals surface area contributed by atoms with E-state index in [0.29, 0.717) is 4.47 Å². The van der Waals surface area contributed by atoms with Gasteiger partial charge >= 0.3 is 0 Å². The second kappa shape index (κ2) is 6.09. The summed E-state index contributed by atoms with van der Waals surface area (Å²) in [6.07, 6.45) is 0. The molecular weight excluding hydrogens is 279 g/mol. The van der Waals surface area contributed by atoms with Crippen LogP contribution in [0.25, 0.3) is 10.4 Å². The molecule has 1 amide bonds. The van der Waals surface area contributed by atoms with E-state index >= 15 is 0 Å². The van der Waals surface area contributed by atoms with Gasteiger partial charge in [-0.15, -0.1) is 0 Å². The molecule has 0 aliphatic rings. The van der Waals surface area contributed by atoms with E-state index in [1.54, 1.807) is 0 Å². The molecule has 1 aromatic carbocycles. The molecule has 5 nitrogen and oxygen atoms in total. The third kappa shape index (κ3) is 3.52. The van der Waals surface area contributed by atoms with E-state index in [9.17, 15) is 9.18 Å². The van der Waals surface area contributed by atoms with Crippen LogP contribution >= 0.6 is 15.9 Å². The molecule has 1 aromatic rings. The third-order valence-corrected chi connectivity index (χ3v) is 2.43. The standard InChI is InChI=1S/C9H8BrFN4O/c10-8-2-1-6(11)5-7(8)9(16)13-3-4-14-15-12/h1-2,5H,3-4H2,(H,13,16). The lowest BCUT2D eigenvalue weighted by atomic mass is 10.2. The maximum atomic E-state index is 12.9. The van der Waals surface area contributed by atoms with Gasteiger partial charge in [0.25, 0.3) is 5.91 Å². The number of azide groups is 1. The molecule has 0 aliphatic heterocycles. The maximum Gasteiger partial charge on any atom is 0.252 e. The van der Waals surface area contributed by atoms with Crippen LogP contribution in [0, 0.1) is 5.82 Å². The predicted molar refractivity (Wildman–Crippen MR) is 60.4 cm³/mol. The fourth-order valence-corrected chi connectivity index (χ4v) is 1.46. The molecule has 0 unspecified atom stereocenters. The summed E-state index contributed by atoms with van der Waals surface area (Å²) in [5.74, 6) is -0.900. The van der Waals surface area contributed by atoms with Gasteiger partial charge in [-0.3, -0.25) is 4.79 Å². The van der Waals surface area contributed by atoms with E-state index in [0.717, 1.165) is 6.07 Å². The van der Waals surface area contributed by atoms with Crippen molar-refractivity contribution in [2.75, 3.05) is 13.1 Å². The van der Waals surface area contributed by atoms with Crippen molar-refractivity contribution in [3.63, 3.8) is 0 Å². The molecule has 0 radical (unpaired) electrons. The number of hydrogen-bond acceptors (Lipinski definition) is 2. The molecule has 16 heavy (non-hydrogen) atoms. The van der Waals surface area contributed by atoms with E-state index in [-0.39, 0.29) is 18.7 Å². The number of amides is 1. The molecule has 0 saturated heterocycles. The number of rotatable bonds is 4. The lowest BCUT2D eigenvalue weighted by Gasteiger charge is -2.05. The molecule has 0 atom stereocenters. The first-order valence-electron chi connectivity index (χ1n) is 4.39. The number of carbonyl (C=O) groups is 1. The topological polar surface area (TPSA) is 77.9 Å². The number of benzene rings is 1. The third-order valence-electron chi connectivity index (χ3n) is 1.73. The fourth-order valence-electron chi connectivity index (χ4n) is 1.03. The minimum absolute atomic E-state index is 0.162. The SMILES string of the molecule is [N-]=[N+]=NCCNC(=O)c1cc(F)ccc1Br. The molecule has 1 rings (SSSR count). The van der Waals surface area contributed by atoms with Gasteiger partial charge in [0.1, 0.15) is 5.82 Å². The Morgan fingerprint density at radius 2 is 2.38 bits per heavy atom.